The Hall–Kier alpha value is -3.16. The van der Waals surface area contributed by atoms with E-state index in [9.17, 15) is 18.4 Å². The number of ketones is 1. The van der Waals surface area contributed by atoms with Crippen molar-refractivity contribution < 1.29 is 18.4 Å². The smallest absolute Gasteiger partial charge is 0.231 e. The van der Waals surface area contributed by atoms with Crippen LogP contribution in [-0.2, 0) is 16.8 Å². The average molecular weight is 386 g/mol. The van der Waals surface area contributed by atoms with Crippen molar-refractivity contribution in [2.75, 3.05) is 7.05 Å². The Kier molecular flexibility index (Phi) is 4.97. The Balaban J connectivity index is 1.94. The number of aryl methyl sites for hydroxylation is 1. The molecule has 0 spiro atoms. The second-order valence-corrected chi connectivity index (χ2v) is 7.13. The third kappa shape index (κ3) is 3.62. The monoisotopic (exact) mass is 386 g/mol. The van der Waals surface area contributed by atoms with Gasteiger partial charge in [0.15, 0.2) is 17.6 Å². The number of hydrogen-bond acceptors (Lipinski definition) is 5. The summed E-state index contributed by atoms with van der Waals surface area (Å²) in [7, 11) is 1.50. The summed E-state index contributed by atoms with van der Waals surface area (Å²) < 4.78 is 28.5. The van der Waals surface area contributed by atoms with E-state index in [0.29, 0.717) is 11.1 Å². The number of halogens is 2. The van der Waals surface area contributed by atoms with Gasteiger partial charge in [-0.3, -0.25) is 14.5 Å². The van der Waals surface area contributed by atoms with Gasteiger partial charge < -0.3 is 5.73 Å². The molecular formula is C20H20F2N4O2. The highest BCUT2D eigenvalue weighted by atomic mass is 19.1. The minimum absolute atomic E-state index is 0.00874. The van der Waals surface area contributed by atoms with Crippen LogP contribution in [0.4, 0.5) is 8.78 Å². The van der Waals surface area contributed by atoms with Gasteiger partial charge in [0.1, 0.15) is 11.5 Å². The van der Waals surface area contributed by atoms with Crippen LogP contribution in [0.2, 0.25) is 0 Å². The number of benzene rings is 1. The maximum atomic E-state index is 14.5. The topological polar surface area (TPSA) is 88.7 Å². The van der Waals surface area contributed by atoms with E-state index in [2.05, 4.69) is 9.98 Å². The van der Waals surface area contributed by atoms with Crippen LogP contribution < -0.4 is 5.73 Å². The molecule has 2 N–H and O–H groups in total. The quantitative estimate of drug-likeness (QED) is 0.818. The first kappa shape index (κ1) is 19.6. The molecule has 0 fully saturated rings. The lowest BCUT2D eigenvalue weighted by Gasteiger charge is -2.34. The van der Waals surface area contributed by atoms with Gasteiger partial charge in [-0.25, -0.2) is 18.8 Å². The first-order valence-electron chi connectivity index (χ1n) is 8.67. The zero-order valence-corrected chi connectivity index (χ0v) is 15.8. The van der Waals surface area contributed by atoms with Crippen LogP contribution >= 0.6 is 0 Å². The van der Waals surface area contributed by atoms with Gasteiger partial charge >= 0.3 is 0 Å². The van der Waals surface area contributed by atoms with Crippen molar-refractivity contribution in [3.63, 3.8) is 0 Å². The lowest BCUT2D eigenvalue weighted by atomic mass is 9.85. The number of guanidine groups is 1. The highest BCUT2D eigenvalue weighted by molar-refractivity contribution is 5.99. The number of nitrogens with zero attached hydrogens (tertiary/aromatic N) is 3. The fourth-order valence-corrected chi connectivity index (χ4v) is 3.17. The van der Waals surface area contributed by atoms with Crippen molar-refractivity contribution in [1.82, 2.24) is 9.88 Å². The summed E-state index contributed by atoms with van der Waals surface area (Å²) >= 11 is 0. The van der Waals surface area contributed by atoms with Crippen molar-refractivity contribution in [3.05, 3.63) is 64.5 Å². The zero-order valence-electron chi connectivity index (χ0n) is 15.8. The second-order valence-electron chi connectivity index (χ2n) is 7.13. The van der Waals surface area contributed by atoms with E-state index in [1.807, 2.05) is 0 Å². The van der Waals surface area contributed by atoms with E-state index in [4.69, 9.17) is 5.73 Å². The highest BCUT2D eigenvalue weighted by Crippen LogP contribution is 2.35. The molecule has 2 heterocycles. The third-order valence-corrected chi connectivity index (χ3v) is 4.79. The van der Waals surface area contributed by atoms with Crippen molar-refractivity contribution in [1.29, 1.82) is 0 Å². The molecular weight excluding hydrogens is 366 g/mol. The Morgan fingerprint density at radius 3 is 2.64 bits per heavy atom. The molecule has 3 rings (SSSR count). The fourth-order valence-electron chi connectivity index (χ4n) is 3.17. The van der Waals surface area contributed by atoms with Crippen LogP contribution in [0, 0.1) is 18.6 Å². The molecule has 8 heteroatoms. The van der Waals surface area contributed by atoms with E-state index >= 15 is 0 Å². The van der Waals surface area contributed by atoms with Crippen LogP contribution in [0.15, 0.2) is 35.5 Å². The Bertz CT molecular complexity index is 1010. The Morgan fingerprint density at radius 1 is 1.29 bits per heavy atom. The lowest BCUT2D eigenvalue weighted by Crippen LogP contribution is -2.47. The summed E-state index contributed by atoms with van der Waals surface area (Å²) in [4.78, 5) is 33.9. The molecule has 1 aliphatic rings. The van der Waals surface area contributed by atoms with E-state index in [1.54, 1.807) is 13.8 Å². The molecule has 146 valence electrons. The van der Waals surface area contributed by atoms with Crippen LogP contribution in [0.1, 0.15) is 40.5 Å². The normalized spacial score (nSPS) is 19.5. The summed E-state index contributed by atoms with van der Waals surface area (Å²) in [5.74, 6) is -2.08. The van der Waals surface area contributed by atoms with Crippen LogP contribution in [-0.4, -0.2) is 34.6 Å². The minimum atomic E-state index is -1.19. The number of nitrogens with two attached hydrogens (primary N) is 1. The number of Topliss-reactive ketones (excluding diaryl/α,β-unsaturated/α-hetero) is 1. The van der Waals surface area contributed by atoms with Gasteiger partial charge in [-0.15, -0.1) is 0 Å². The van der Waals surface area contributed by atoms with Gasteiger partial charge in [-0.1, -0.05) is 6.07 Å². The maximum absolute atomic E-state index is 14.5. The molecule has 0 radical (unpaired) electrons. The maximum Gasteiger partial charge on any atom is 0.231 e. The summed E-state index contributed by atoms with van der Waals surface area (Å²) in [6.07, 6.45) is 1.19. The van der Waals surface area contributed by atoms with E-state index in [-0.39, 0.29) is 36.0 Å². The predicted molar refractivity (Wildman–Crippen MR) is 99.7 cm³/mol. The van der Waals surface area contributed by atoms with Gasteiger partial charge in [-0.2, -0.15) is 0 Å². The average Bonchev–Trinajstić information content (AvgIpc) is 2.61. The van der Waals surface area contributed by atoms with Crippen molar-refractivity contribution in [2.45, 2.75) is 32.2 Å². The highest BCUT2D eigenvalue weighted by Gasteiger charge is 2.38. The minimum Gasteiger partial charge on any atom is -0.369 e. The Labute approximate surface area is 161 Å². The molecule has 0 aliphatic carbocycles. The number of amides is 1. The van der Waals surface area contributed by atoms with Crippen LogP contribution in [0.5, 0.6) is 0 Å². The van der Waals surface area contributed by atoms with Gasteiger partial charge in [0.05, 0.1) is 12.0 Å². The number of aromatic nitrogens is 1. The molecule has 6 nitrogen and oxygen atoms in total. The number of carbonyl (C=O) groups is 2. The van der Waals surface area contributed by atoms with Gasteiger partial charge in [0.2, 0.25) is 5.91 Å². The van der Waals surface area contributed by atoms with Gasteiger partial charge in [0.25, 0.3) is 0 Å². The molecule has 0 saturated heterocycles. The molecule has 1 aliphatic heterocycles. The van der Waals surface area contributed by atoms with E-state index in [1.165, 1.54) is 42.4 Å². The first-order chi connectivity index (χ1) is 13.1. The molecule has 28 heavy (non-hydrogen) atoms. The molecule has 0 bridgehead atoms. The summed E-state index contributed by atoms with van der Waals surface area (Å²) in [6, 6.07) is 5.35. The van der Waals surface area contributed by atoms with Gasteiger partial charge in [-0.05, 0) is 43.2 Å². The van der Waals surface area contributed by atoms with E-state index < -0.39 is 23.0 Å². The zero-order chi connectivity index (χ0) is 20.6. The lowest BCUT2D eigenvalue weighted by molar-refractivity contribution is -0.128. The van der Waals surface area contributed by atoms with Crippen molar-refractivity contribution >= 4 is 17.6 Å². The third-order valence-electron chi connectivity index (χ3n) is 4.79. The second kappa shape index (κ2) is 7.10. The fraction of sp³-hybridized carbons (Fsp3) is 0.300. The molecule has 1 aromatic heterocycles. The molecule has 1 unspecified atom stereocenters. The molecule has 1 aromatic carbocycles. The molecule has 1 amide bonds. The largest absolute Gasteiger partial charge is 0.369 e. The summed E-state index contributed by atoms with van der Waals surface area (Å²) in [6.45, 7) is 3.28. The molecule has 0 saturated carbocycles. The number of hydrogen-bond donors (Lipinski definition) is 1. The summed E-state index contributed by atoms with van der Waals surface area (Å²) in [5, 5.41) is 0. The van der Waals surface area contributed by atoms with Crippen LogP contribution in [0.25, 0.3) is 0 Å². The van der Waals surface area contributed by atoms with Crippen molar-refractivity contribution in [2.24, 2.45) is 10.7 Å². The number of pyridine rings is 1. The standard InChI is InChI=1S/C20H20F2N4O2/c1-11-6-15(22)18(24-10-11)16(27)8-12-4-5-14(21)13(7-12)20(2)9-17(28)26(3)19(23)25-20/h4-7,10H,8-9H2,1-3H3,(H2,23,25). The number of rotatable bonds is 4. The molecule has 1 atom stereocenters. The predicted octanol–water partition coefficient (Wildman–Crippen LogP) is 2.49. The number of aliphatic imine (C=N–C) groups is 1. The SMILES string of the molecule is Cc1cnc(C(=O)Cc2ccc(F)c(C3(C)CC(=O)N(C)C(N)=N3)c2)c(F)c1. The van der Waals surface area contributed by atoms with E-state index in [0.717, 1.165) is 0 Å². The summed E-state index contributed by atoms with van der Waals surface area (Å²) in [5.41, 5.74) is 5.55. The first-order valence-corrected chi connectivity index (χ1v) is 8.67. The van der Waals surface area contributed by atoms with Crippen molar-refractivity contribution in [3.8, 4) is 0 Å². The Morgan fingerprint density at radius 2 is 2.00 bits per heavy atom. The van der Waals surface area contributed by atoms with Crippen LogP contribution in [0.3, 0.4) is 0 Å². The van der Waals surface area contributed by atoms with Gasteiger partial charge in [0, 0.05) is 25.2 Å². The number of carbonyl (C=O) groups excluding carboxylic acids is 2. The molecule has 2 aromatic rings.